The van der Waals surface area contributed by atoms with Crippen LogP contribution in [0.1, 0.15) is 5.56 Å². The molecule has 4 nitrogen and oxygen atoms in total. The van der Waals surface area contributed by atoms with Crippen molar-refractivity contribution in [3.8, 4) is 5.75 Å². The molecular formula is C8H5BrF3NO3. The minimum absolute atomic E-state index is 0.114. The Hall–Kier alpha value is -1.31. The largest absolute Gasteiger partial charge is 0.489 e. The van der Waals surface area contributed by atoms with Crippen molar-refractivity contribution in [3.05, 3.63) is 32.3 Å². The molecule has 0 atom stereocenters. The Kier molecular flexibility index (Phi) is 3.41. The summed E-state index contributed by atoms with van der Waals surface area (Å²) in [7, 11) is 1.14. The van der Waals surface area contributed by atoms with Gasteiger partial charge in [-0.05, 0) is 22.0 Å². The van der Waals surface area contributed by atoms with Crippen molar-refractivity contribution in [2.75, 3.05) is 7.11 Å². The molecule has 1 aromatic carbocycles. The van der Waals surface area contributed by atoms with Crippen LogP contribution >= 0.6 is 15.9 Å². The van der Waals surface area contributed by atoms with Crippen LogP contribution in [-0.2, 0) is 6.18 Å². The van der Waals surface area contributed by atoms with E-state index in [0.717, 1.165) is 13.2 Å². The van der Waals surface area contributed by atoms with Gasteiger partial charge in [0.2, 0.25) is 5.75 Å². The van der Waals surface area contributed by atoms with E-state index in [4.69, 9.17) is 0 Å². The first-order valence-electron chi connectivity index (χ1n) is 3.86. The van der Waals surface area contributed by atoms with E-state index in [9.17, 15) is 23.3 Å². The summed E-state index contributed by atoms with van der Waals surface area (Å²) in [6.07, 6.45) is -4.64. The molecule has 88 valence electrons. The number of nitro groups is 1. The van der Waals surface area contributed by atoms with Crippen molar-refractivity contribution >= 4 is 21.6 Å². The fraction of sp³-hybridized carbons (Fsp3) is 0.250. The third kappa shape index (κ3) is 2.43. The number of nitro benzene ring substituents is 1. The smallest absolute Gasteiger partial charge is 0.416 e. The van der Waals surface area contributed by atoms with Crippen LogP contribution in [0.2, 0.25) is 0 Å². The molecule has 1 rings (SSSR count). The molecule has 0 bridgehead atoms. The van der Waals surface area contributed by atoms with Crippen LogP contribution in [0.15, 0.2) is 16.6 Å². The highest BCUT2D eigenvalue weighted by Crippen LogP contribution is 2.41. The van der Waals surface area contributed by atoms with Crippen LogP contribution in [-0.4, -0.2) is 12.0 Å². The molecule has 0 saturated carbocycles. The first kappa shape index (κ1) is 12.8. The lowest BCUT2D eigenvalue weighted by molar-refractivity contribution is -0.386. The summed E-state index contributed by atoms with van der Waals surface area (Å²) < 4.78 is 41.6. The molecule has 0 aliphatic rings. The second-order valence-electron chi connectivity index (χ2n) is 2.77. The lowest BCUT2D eigenvalue weighted by Crippen LogP contribution is -2.06. The summed E-state index contributed by atoms with van der Waals surface area (Å²) in [5.74, 6) is -0.238. The summed E-state index contributed by atoms with van der Waals surface area (Å²) >= 11 is 2.79. The fourth-order valence-corrected chi connectivity index (χ4v) is 1.69. The monoisotopic (exact) mass is 299 g/mol. The highest BCUT2D eigenvalue weighted by molar-refractivity contribution is 9.10. The highest BCUT2D eigenvalue weighted by Gasteiger charge is 2.34. The number of ether oxygens (including phenoxy) is 1. The van der Waals surface area contributed by atoms with E-state index in [1.807, 2.05) is 0 Å². The van der Waals surface area contributed by atoms with Gasteiger partial charge in [0.05, 0.1) is 22.1 Å². The van der Waals surface area contributed by atoms with E-state index in [1.54, 1.807) is 0 Å². The summed E-state index contributed by atoms with van der Waals surface area (Å²) in [4.78, 5) is 9.62. The normalized spacial score (nSPS) is 11.3. The van der Waals surface area contributed by atoms with Crippen LogP contribution < -0.4 is 4.74 Å². The Balaban J connectivity index is 3.46. The van der Waals surface area contributed by atoms with Gasteiger partial charge in [0.25, 0.3) is 0 Å². The van der Waals surface area contributed by atoms with Crippen molar-refractivity contribution in [1.82, 2.24) is 0 Å². The number of nitrogens with zero attached hydrogens (tertiary/aromatic N) is 1. The molecule has 1 aromatic rings. The zero-order chi connectivity index (χ0) is 12.5. The van der Waals surface area contributed by atoms with E-state index in [0.29, 0.717) is 6.07 Å². The molecule has 0 fully saturated rings. The lowest BCUT2D eigenvalue weighted by atomic mass is 10.2. The SMILES string of the molecule is COc1c(Br)cc(C(F)(F)F)cc1[N+](=O)[O-]. The van der Waals surface area contributed by atoms with Gasteiger partial charge in [-0.25, -0.2) is 0 Å². The van der Waals surface area contributed by atoms with Crippen LogP contribution in [0.25, 0.3) is 0 Å². The van der Waals surface area contributed by atoms with Crippen molar-refractivity contribution in [1.29, 1.82) is 0 Å². The topological polar surface area (TPSA) is 52.4 Å². The first-order valence-corrected chi connectivity index (χ1v) is 4.65. The molecular weight excluding hydrogens is 295 g/mol. The molecule has 16 heavy (non-hydrogen) atoms. The fourth-order valence-electron chi connectivity index (χ4n) is 1.08. The van der Waals surface area contributed by atoms with Gasteiger partial charge in [-0.1, -0.05) is 0 Å². The van der Waals surface area contributed by atoms with Crippen molar-refractivity contribution in [3.63, 3.8) is 0 Å². The Morgan fingerprint density at radius 2 is 2.00 bits per heavy atom. The van der Waals surface area contributed by atoms with E-state index in [1.165, 1.54) is 0 Å². The van der Waals surface area contributed by atoms with Crippen molar-refractivity contribution < 1.29 is 22.8 Å². The number of rotatable bonds is 2. The predicted molar refractivity (Wildman–Crippen MR) is 52.4 cm³/mol. The Morgan fingerprint density at radius 3 is 2.38 bits per heavy atom. The Labute approximate surface area is 96.3 Å². The van der Waals surface area contributed by atoms with Gasteiger partial charge in [-0.3, -0.25) is 10.1 Å². The average molecular weight is 300 g/mol. The quantitative estimate of drug-likeness (QED) is 0.621. The maximum atomic E-state index is 12.4. The number of hydrogen-bond donors (Lipinski definition) is 0. The molecule has 0 radical (unpaired) electrons. The van der Waals surface area contributed by atoms with Crippen LogP contribution in [0.3, 0.4) is 0 Å². The zero-order valence-corrected chi connectivity index (χ0v) is 9.42. The Morgan fingerprint density at radius 1 is 1.44 bits per heavy atom. The summed E-state index contributed by atoms with van der Waals surface area (Å²) in [6.45, 7) is 0. The van der Waals surface area contributed by atoms with Gasteiger partial charge in [0.15, 0.2) is 0 Å². The molecule has 0 heterocycles. The van der Waals surface area contributed by atoms with Crippen molar-refractivity contribution in [2.24, 2.45) is 0 Å². The molecule has 0 aliphatic heterocycles. The highest BCUT2D eigenvalue weighted by atomic mass is 79.9. The molecule has 0 aliphatic carbocycles. The van der Waals surface area contributed by atoms with Crippen LogP contribution in [0.5, 0.6) is 5.75 Å². The van der Waals surface area contributed by atoms with Gasteiger partial charge in [0.1, 0.15) is 0 Å². The number of halogens is 4. The van der Waals surface area contributed by atoms with E-state index in [2.05, 4.69) is 20.7 Å². The molecule has 0 N–H and O–H groups in total. The van der Waals surface area contributed by atoms with Crippen molar-refractivity contribution in [2.45, 2.75) is 6.18 Å². The van der Waals surface area contributed by atoms with Gasteiger partial charge in [0, 0.05) is 6.07 Å². The lowest BCUT2D eigenvalue weighted by Gasteiger charge is -2.09. The third-order valence-corrected chi connectivity index (χ3v) is 2.34. The zero-order valence-electron chi connectivity index (χ0n) is 7.84. The van der Waals surface area contributed by atoms with E-state index in [-0.39, 0.29) is 10.2 Å². The average Bonchev–Trinajstić information content (AvgIpc) is 2.14. The molecule has 0 amide bonds. The van der Waals surface area contributed by atoms with E-state index >= 15 is 0 Å². The molecule has 0 aromatic heterocycles. The minimum Gasteiger partial charge on any atom is -0.489 e. The second-order valence-corrected chi connectivity index (χ2v) is 3.62. The second kappa shape index (κ2) is 4.28. The van der Waals surface area contributed by atoms with E-state index < -0.39 is 22.4 Å². The number of benzene rings is 1. The minimum atomic E-state index is -4.64. The maximum Gasteiger partial charge on any atom is 0.416 e. The third-order valence-electron chi connectivity index (χ3n) is 1.75. The number of alkyl halides is 3. The molecule has 0 unspecified atom stereocenters. The van der Waals surface area contributed by atoms with Crippen LogP contribution in [0.4, 0.5) is 18.9 Å². The molecule has 0 saturated heterocycles. The predicted octanol–water partition coefficient (Wildman–Crippen LogP) is 3.38. The van der Waals surface area contributed by atoms with Gasteiger partial charge in [-0.15, -0.1) is 0 Å². The van der Waals surface area contributed by atoms with Crippen LogP contribution in [0, 0.1) is 10.1 Å². The van der Waals surface area contributed by atoms with Gasteiger partial charge in [-0.2, -0.15) is 13.2 Å². The van der Waals surface area contributed by atoms with Gasteiger partial charge < -0.3 is 4.74 Å². The maximum absolute atomic E-state index is 12.4. The number of hydrogen-bond acceptors (Lipinski definition) is 3. The van der Waals surface area contributed by atoms with Gasteiger partial charge >= 0.3 is 11.9 Å². The standard InChI is InChI=1S/C8H5BrF3NO3/c1-16-7-5(9)2-4(8(10,11)12)3-6(7)13(14)15/h2-3H,1H3. The molecule has 8 heteroatoms. The first-order chi connectivity index (χ1) is 7.27. The number of methoxy groups -OCH3 is 1. The molecule has 0 spiro atoms. The summed E-state index contributed by atoms with van der Waals surface area (Å²) in [6, 6.07) is 1.16. The Bertz CT molecular complexity index is 433. The summed E-state index contributed by atoms with van der Waals surface area (Å²) in [5, 5.41) is 10.5. The summed E-state index contributed by atoms with van der Waals surface area (Å²) in [5.41, 5.74) is -1.84.